The summed E-state index contributed by atoms with van der Waals surface area (Å²) in [6.07, 6.45) is 1.40. The van der Waals surface area contributed by atoms with Crippen molar-refractivity contribution in [2.45, 2.75) is 32.6 Å². The first kappa shape index (κ1) is 20.7. The van der Waals surface area contributed by atoms with Gasteiger partial charge in [0.05, 0.1) is 11.1 Å². The Labute approximate surface area is 180 Å². The molecule has 0 radical (unpaired) electrons. The van der Waals surface area contributed by atoms with Gasteiger partial charge < -0.3 is 9.64 Å². The van der Waals surface area contributed by atoms with Crippen molar-refractivity contribution in [3.63, 3.8) is 0 Å². The highest BCUT2D eigenvalue weighted by Gasteiger charge is 2.22. The molecule has 1 aliphatic heterocycles. The fraction of sp³-hybridized carbons (Fsp3) is 0.280. The van der Waals surface area contributed by atoms with Crippen LogP contribution in [0.4, 0.5) is 5.69 Å². The van der Waals surface area contributed by atoms with E-state index < -0.39 is 5.97 Å². The number of fused-ring (bicyclic) bond motifs is 1. The van der Waals surface area contributed by atoms with Gasteiger partial charge in [0.2, 0.25) is 5.91 Å². The number of nitrogens with zero attached hydrogens (tertiary/aromatic N) is 2. The van der Waals surface area contributed by atoms with E-state index in [0.29, 0.717) is 29.5 Å². The highest BCUT2D eigenvalue weighted by molar-refractivity contribution is 6.05. The van der Waals surface area contributed by atoms with E-state index in [1.807, 2.05) is 38.1 Å². The molecule has 1 amide bonds. The number of amides is 1. The van der Waals surface area contributed by atoms with Crippen LogP contribution < -0.4 is 4.90 Å². The van der Waals surface area contributed by atoms with Gasteiger partial charge in [0.25, 0.3) is 0 Å². The van der Waals surface area contributed by atoms with E-state index in [-0.39, 0.29) is 24.2 Å². The van der Waals surface area contributed by atoms with Crippen LogP contribution in [-0.4, -0.2) is 35.8 Å². The molecule has 2 heterocycles. The van der Waals surface area contributed by atoms with Gasteiger partial charge >= 0.3 is 5.97 Å². The Balaban J connectivity index is 1.47. The lowest BCUT2D eigenvalue weighted by Gasteiger charge is -2.15. The number of anilines is 1. The standard InChI is InChI=1S/C25H24N2O4/c1-16(2)22-14-20(19-6-3-4-7-21(19)26-22)25(30)31-15-23(28)17-9-11-18(12-10-17)27-13-5-8-24(27)29/h3-4,6-7,9-12,14,16H,5,8,13,15H2,1-2H3. The number of ketones is 1. The first-order valence-electron chi connectivity index (χ1n) is 10.4. The molecule has 1 aromatic heterocycles. The summed E-state index contributed by atoms with van der Waals surface area (Å²) in [5.74, 6) is -0.597. The molecule has 6 heteroatoms. The van der Waals surface area contributed by atoms with E-state index in [0.717, 1.165) is 23.3 Å². The topological polar surface area (TPSA) is 76.6 Å². The molecular formula is C25H24N2O4. The zero-order chi connectivity index (χ0) is 22.0. The minimum Gasteiger partial charge on any atom is -0.454 e. The van der Waals surface area contributed by atoms with Gasteiger partial charge in [0.15, 0.2) is 12.4 Å². The monoisotopic (exact) mass is 416 g/mol. The maximum Gasteiger partial charge on any atom is 0.339 e. The number of hydrogen-bond acceptors (Lipinski definition) is 5. The Kier molecular flexibility index (Phi) is 5.80. The van der Waals surface area contributed by atoms with Crippen molar-refractivity contribution in [2.75, 3.05) is 18.1 Å². The van der Waals surface area contributed by atoms with Crippen molar-refractivity contribution >= 4 is 34.3 Å². The number of pyridine rings is 1. The number of para-hydroxylation sites is 1. The third-order valence-corrected chi connectivity index (χ3v) is 5.46. The summed E-state index contributed by atoms with van der Waals surface area (Å²) < 4.78 is 5.35. The quantitative estimate of drug-likeness (QED) is 0.436. The van der Waals surface area contributed by atoms with Gasteiger partial charge in [0.1, 0.15) is 0 Å². The molecular weight excluding hydrogens is 392 g/mol. The molecule has 0 atom stereocenters. The van der Waals surface area contributed by atoms with Crippen LogP contribution in [0.25, 0.3) is 10.9 Å². The van der Waals surface area contributed by atoms with E-state index in [1.165, 1.54) is 0 Å². The van der Waals surface area contributed by atoms with E-state index in [2.05, 4.69) is 4.98 Å². The van der Waals surface area contributed by atoms with Crippen LogP contribution in [0.1, 0.15) is 59.0 Å². The maximum atomic E-state index is 12.8. The van der Waals surface area contributed by atoms with Crippen LogP contribution >= 0.6 is 0 Å². The Hall–Kier alpha value is -3.54. The van der Waals surface area contributed by atoms with Crippen molar-refractivity contribution in [2.24, 2.45) is 0 Å². The summed E-state index contributed by atoms with van der Waals surface area (Å²) in [5, 5.41) is 0.698. The summed E-state index contributed by atoms with van der Waals surface area (Å²) in [6, 6.07) is 16.0. The number of Topliss-reactive ketones (excluding diaryl/α,β-unsaturated/α-hetero) is 1. The molecule has 6 nitrogen and oxygen atoms in total. The predicted molar refractivity (Wildman–Crippen MR) is 118 cm³/mol. The Bertz CT molecular complexity index is 1150. The number of esters is 1. The second-order valence-electron chi connectivity index (χ2n) is 7.96. The van der Waals surface area contributed by atoms with Gasteiger partial charge in [-0.2, -0.15) is 0 Å². The molecule has 0 aliphatic carbocycles. The molecule has 31 heavy (non-hydrogen) atoms. The number of aromatic nitrogens is 1. The van der Waals surface area contributed by atoms with E-state index in [1.54, 1.807) is 35.2 Å². The second kappa shape index (κ2) is 8.68. The van der Waals surface area contributed by atoms with Gasteiger partial charge in [-0.05, 0) is 48.7 Å². The third kappa shape index (κ3) is 4.33. The normalized spacial score (nSPS) is 13.8. The Morgan fingerprint density at radius 2 is 1.84 bits per heavy atom. The van der Waals surface area contributed by atoms with Crippen LogP contribution in [0, 0.1) is 0 Å². The summed E-state index contributed by atoms with van der Waals surface area (Å²) in [6.45, 7) is 4.36. The number of rotatable bonds is 6. The molecule has 3 aromatic rings. The summed E-state index contributed by atoms with van der Waals surface area (Å²) in [7, 11) is 0. The van der Waals surface area contributed by atoms with Crippen molar-refractivity contribution in [1.29, 1.82) is 0 Å². The summed E-state index contributed by atoms with van der Waals surface area (Å²) in [5.41, 5.74) is 3.14. The largest absolute Gasteiger partial charge is 0.454 e. The molecule has 0 saturated carbocycles. The predicted octanol–water partition coefficient (Wildman–Crippen LogP) is 4.52. The molecule has 2 aromatic carbocycles. The molecule has 158 valence electrons. The van der Waals surface area contributed by atoms with E-state index in [4.69, 9.17) is 4.74 Å². The first-order valence-corrected chi connectivity index (χ1v) is 10.4. The van der Waals surface area contributed by atoms with Gasteiger partial charge in [0, 0.05) is 35.3 Å². The van der Waals surface area contributed by atoms with Crippen LogP contribution in [-0.2, 0) is 9.53 Å². The van der Waals surface area contributed by atoms with E-state index >= 15 is 0 Å². The smallest absolute Gasteiger partial charge is 0.339 e. The van der Waals surface area contributed by atoms with Gasteiger partial charge in [-0.1, -0.05) is 32.0 Å². The SMILES string of the molecule is CC(C)c1cc(C(=O)OCC(=O)c2ccc(N3CCCC3=O)cc2)c2ccccc2n1. The summed E-state index contributed by atoms with van der Waals surface area (Å²) >= 11 is 0. The number of hydrogen-bond donors (Lipinski definition) is 0. The van der Waals surface area contributed by atoms with Gasteiger partial charge in [-0.15, -0.1) is 0 Å². The molecule has 1 aliphatic rings. The zero-order valence-corrected chi connectivity index (χ0v) is 17.6. The van der Waals surface area contributed by atoms with Crippen molar-refractivity contribution in [3.8, 4) is 0 Å². The molecule has 0 bridgehead atoms. The van der Waals surface area contributed by atoms with Gasteiger partial charge in [-0.25, -0.2) is 4.79 Å². The lowest BCUT2D eigenvalue weighted by atomic mass is 10.0. The zero-order valence-electron chi connectivity index (χ0n) is 17.6. The molecule has 0 spiro atoms. The lowest BCUT2D eigenvalue weighted by Crippen LogP contribution is -2.23. The number of ether oxygens (including phenoxy) is 1. The van der Waals surface area contributed by atoms with Gasteiger partial charge in [-0.3, -0.25) is 14.6 Å². The van der Waals surface area contributed by atoms with Crippen LogP contribution in [0.3, 0.4) is 0 Å². The average Bonchev–Trinajstić information content (AvgIpc) is 3.22. The molecule has 1 saturated heterocycles. The Morgan fingerprint density at radius 3 is 2.52 bits per heavy atom. The van der Waals surface area contributed by atoms with Crippen molar-refractivity contribution in [3.05, 3.63) is 71.4 Å². The fourth-order valence-corrected chi connectivity index (χ4v) is 3.70. The van der Waals surface area contributed by atoms with E-state index in [9.17, 15) is 14.4 Å². The van der Waals surface area contributed by atoms with Crippen LogP contribution in [0.15, 0.2) is 54.6 Å². The molecule has 4 rings (SSSR count). The molecule has 0 unspecified atom stereocenters. The Morgan fingerprint density at radius 1 is 1.10 bits per heavy atom. The highest BCUT2D eigenvalue weighted by Crippen LogP contribution is 2.24. The fourth-order valence-electron chi connectivity index (χ4n) is 3.70. The minimum absolute atomic E-state index is 0.0957. The highest BCUT2D eigenvalue weighted by atomic mass is 16.5. The molecule has 1 fully saturated rings. The average molecular weight is 416 g/mol. The number of carbonyl (C=O) groups excluding carboxylic acids is 3. The molecule has 0 N–H and O–H groups in total. The first-order chi connectivity index (χ1) is 14.9. The van der Waals surface area contributed by atoms with Crippen LogP contribution in [0.2, 0.25) is 0 Å². The third-order valence-electron chi connectivity index (χ3n) is 5.46. The second-order valence-corrected chi connectivity index (χ2v) is 7.96. The number of benzene rings is 2. The minimum atomic E-state index is -0.548. The van der Waals surface area contributed by atoms with Crippen LogP contribution in [0.5, 0.6) is 0 Å². The van der Waals surface area contributed by atoms with Crippen molar-refractivity contribution in [1.82, 2.24) is 4.98 Å². The lowest BCUT2D eigenvalue weighted by molar-refractivity contribution is -0.117. The maximum absolute atomic E-state index is 12.8. The number of carbonyl (C=O) groups is 3. The summed E-state index contributed by atoms with van der Waals surface area (Å²) in [4.78, 5) is 43.5. The van der Waals surface area contributed by atoms with Crippen molar-refractivity contribution < 1.29 is 19.1 Å².